The van der Waals surface area contributed by atoms with Crippen molar-refractivity contribution in [2.75, 3.05) is 39.5 Å². The van der Waals surface area contributed by atoms with E-state index in [0.717, 1.165) is 49.7 Å². The van der Waals surface area contributed by atoms with Gasteiger partial charge in [0.15, 0.2) is 0 Å². The molecule has 0 saturated carbocycles. The maximum atomic E-state index is 12.3. The number of nitrogens with one attached hydrogen (secondary N) is 1. The quantitative estimate of drug-likeness (QED) is 0.573. The average Bonchev–Trinajstić information content (AvgIpc) is 3.28. The van der Waals surface area contributed by atoms with Crippen molar-refractivity contribution >= 4 is 5.91 Å². The zero-order valence-corrected chi connectivity index (χ0v) is 17.5. The summed E-state index contributed by atoms with van der Waals surface area (Å²) in [6.45, 7) is 5.43. The van der Waals surface area contributed by atoms with Gasteiger partial charge in [-0.25, -0.2) is 4.98 Å². The molecule has 1 N–H and O–H groups in total. The number of nitrogens with zero attached hydrogens (tertiary/aromatic N) is 2. The molecule has 3 aromatic rings. The highest BCUT2D eigenvalue weighted by Crippen LogP contribution is 2.18. The van der Waals surface area contributed by atoms with Crippen molar-refractivity contribution in [3.63, 3.8) is 0 Å². The third-order valence-corrected chi connectivity index (χ3v) is 5.08. The first-order chi connectivity index (χ1) is 15.3. The minimum Gasteiger partial charge on any atom is -0.492 e. The topological polar surface area (TPSA) is 76.8 Å². The van der Waals surface area contributed by atoms with Crippen molar-refractivity contribution < 1.29 is 18.7 Å². The van der Waals surface area contributed by atoms with Gasteiger partial charge >= 0.3 is 0 Å². The number of morpholine rings is 1. The SMILES string of the molecule is O=C(Cc1coc(-c2ccccc2)n1)NCc1cccc(OCCN2CCOCC2)c1. The zero-order chi connectivity index (χ0) is 21.3. The monoisotopic (exact) mass is 421 g/mol. The Hall–Kier alpha value is -3.16. The van der Waals surface area contributed by atoms with Crippen LogP contribution in [0.2, 0.25) is 0 Å². The number of hydrogen-bond acceptors (Lipinski definition) is 6. The van der Waals surface area contributed by atoms with Crippen LogP contribution in [-0.2, 0) is 22.5 Å². The molecule has 0 spiro atoms. The molecule has 4 rings (SSSR count). The molecule has 0 aliphatic carbocycles. The molecule has 1 amide bonds. The fourth-order valence-electron chi connectivity index (χ4n) is 3.39. The highest BCUT2D eigenvalue weighted by molar-refractivity contribution is 5.78. The molecule has 1 aromatic heterocycles. The fraction of sp³-hybridized carbons (Fsp3) is 0.333. The van der Waals surface area contributed by atoms with Crippen LogP contribution in [0, 0.1) is 0 Å². The number of rotatable bonds is 9. The summed E-state index contributed by atoms with van der Waals surface area (Å²) in [6, 6.07) is 17.4. The smallest absolute Gasteiger partial charge is 0.226 e. The third-order valence-electron chi connectivity index (χ3n) is 5.08. The second-order valence-electron chi connectivity index (χ2n) is 7.41. The van der Waals surface area contributed by atoms with Crippen LogP contribution in [0.15, 0.2) is 65.3 Å². The van der Waals surface area contributed by atoms with E-state index in [0.29, 0.717) is 24.7 Å². The molecular formula is C24H27N3O4. The third kappa shape index (κ3) is 6.41. The van der Waals surface area contributed by atoms with Crippen LogP contribution < -0.4 is 10.1 Å². The van der Waals surface area contributed by atoms with E-state index >= 15 is 0 Å². The summed E-state index contributed by atoms with van der Waals surface area (Å²) in [5.74, 6) is 1.22. The molecule has 0 unspecified atom stereocenters. The van der Waals surface area contributed by atoms with Crippen LogP contribution in [-0.4, -0.2) is 55.2 Å². The Balaban J connectivity index is 1.22. The lowest BCUT2D eigenvalue weighted by Crippen LogP contribution is -2.38. The summed E-state index contributed by atoms with van der Waals surface area (Å²) in [6.07, 6.45) is 1.71. The maximum absolute atomic E-state index is 12.3. The summed E-state index contributed by atoms with van der Waals surface area (Å²) in [5, 5.41) is 2.93. The van der Waals surface area contributed by atoms with Crippen LogP contribution in [0.5, 0.6) is 5.75 Å². The van der Waals surface area contributed by atoms with Gasteiger partial charge in [0.2, 0.25) is 11.8 Å². The van der Waals surface area contributed by atoms with E-state index in [-0.39, 0.29) is 12.3 Å². The van der Waals surface area contributed by atoms with Crippen molar-refractivity contribution in [1.29, 1.82) is 0 Å². The molecule has 0 radical (unpaired) electrons. The molecule has 1 aliphatic rings. The molecule has 1 fully saturated rings. The number of aromatic nitrogens is 1. The second kappa shape index (κ2) is 10.7. The number of carbonyl (C=O) groups excluding carboxylic acids is 1. The zero-order valence-electron chi connectivity index (χ0n) is 17.5. The van der Waals surface area contributed by atoms with Crippen LogP contribution in [0.25, 0.3) is 11.5 Å². The van der Waals surface area contributed by atoms with Gasteiger partial charge < -0.3 is 19.2 Å². The van der Waals surface area contributed by atoms with Crippen molar-refractivity contribution in [1.82, 2.24) is 15.2 Å². The maximum Gasteiger partial charge on any atom is 0.226 e. The number of ether oxygens (including phenoxy) is 2. The van der Waals surface area contributed by atoms with E-state index in [1.165, 1.54) is 6.26 Å². The predicted octanol–water partition coefficient (Wildman–Crippen LogP) is 2.91. The van der Waals surface area contributed by atoms with Gasteiger partial charge in [-0.3, -0.25) is 9.69 Å². The first-order valence-electron chi connectivity index (χ1n) is 10.5. The number of hydrogen-bond donors (Lipinski definition) is 1. The van der Waals surface area contributed by atoms with Gasteiger partial charge in [0.25, 0.3) is 0 Å². The molecule has 0 bridgehead atoms. The molecule has 162 valence electrons. The summed E-state index contributed by atoms with van der Waals surface area (Å²) in [5.41, 5.74) is 2.48. The highest BCUT2D eigenvalue weighted by Gasteiger charge is 2.11. The van der Waals surface area contributed by atoms with Crippen LogP contribution in [0.1, 0.15) is 11.3 Å². The summed E-state index contributed by atoms with van der Waals surface area (Å²) >= 11 is 0. The van der Waals surface area contributed by atoms with Gasteiger partial charge in [0.05, 0.1) is 25.3 Å². The lowest BCUT2D eigenvalue weighted by atomic mass is 10.2. The Kier molecular flexibility index (Phi) is 7.31. The molecule has 7 heteroatoms. The van der Waals surface area contributed by atoms with E-state index in [4.69, 9.17) is 13.9 Å². The van der Waals surface area contributed by atoms with E-state index in [2.05, 4.69) is 15.2 Å². The van der Waals surface area contributed by atoms with Crippen molar-refractivity contribution in [3.05, 3.63) is 72.1 Å². The molecule has 2 heterocycles. The largest absolute Gasteiger partial charge is 0.492 e. The van der Waals surface area contributed by atoms with Crippen molar-refractivity contribution in [2.24, 2.45) is 0 Å². The number of carbonyl (C=O) groups is 1. The van der Waals surface area contributed by atoms with Crippen LogP contribution >= 0.6 is 0 Å². The van der Waals surface area contributed by atoms with Gasteiger partial charge in [-0.15, -0.1) is 0 Å². The van der Waals surface area contributed by atoms with Crippen molar-refractivity contribution in [3.8, 4) is 17.2 Å². The lowest BCUT2D eigenvalue weighted by Gasteiger charge is -2.26. The molecule has 1 saturated heterocycles. The normalized spacial score (nSPS) is 14.3. The number of amides is 1. The first-order valence-corrected chi connectivity index (χ1v) is 10.5. The number of benzene rings is 2. The Bertz CT molecular complexity index is 968. The van der Waals surface area contributed by atoms with Gasteiger partial charge in [0.1, 0.15) is 18.6 Å². The molecule has 7 nitrogen and oxygen atoms in total. The Labute approximate surface area is 182 Å². The predicted molar refractivity (Wildman–Crippen MR) is 117 cm³/mol. The standard InChI is InChI=1S/C24H27N3O4/c28-23(16-21-18-31-24(26-21)20-6-2-1-3-7-20)25-17-19-5-4-8-22(15-19)30-14-11-27-9-12-29-13-10-27/h1-8,15,18H,9-14,16-17H2,(H,25,28). The minimum absolute atomic E-state index is 0.105. The fourth-order valence-corrected chi connectivity index (χ4v) is 3.39. The molecule has 2 aromatic carbocycles. The summed E-state index contributed by atoms with van der Waals surface area (Å²) < 4.78 is 16.7. The Morgan fingerprint density at radius 3 is 2.77 bits per heavy atom. The molecule has 31 heavy (non-hydrogen) atoms. The van der Waals surface area contributed by atoms with E-state index in [1.54, 1.807) is 0 Å². The van der Waals surface area contributed by atoms with Gasteiger partial charge in [0, 0.05) is 31.7 Å². The second-order valence-corrected chi connectivity index (χ2v) is 7.41. The van der Waals surface area contributed by atoms with E-state index < -0.39 is 0 Å². The number of oxazole rings is 1. The lowest BCUT2D eigenvalue weighted by molar-refractivity contribution is -0.120. The molecular weight excluding hydrogens is 394 g/mol. The molecule has 1 aliphatic heterocycles. The van der Waals surface area contributed by atoms with Crippen LogP contribution in [0.4, 0.5) is 0 Å². The Morgan fingerprint density at radius 2 is 1.94 bits per heavy atom. The van der Waals surface area contributed by atoms with E-state index in [9.17, 15) is 4.79 Å². The Morgan fingerprint density at radius 1 is 1.10 bits per heavy atom. The summed E-state index contributed by atoms with van der Waals surface area (Å²) in [4.78, 5) is 19.1. The minimum atomic E-state index is -0.105. The van der Waals surface area contributed by atoms with Gasteiger partial charge in [-0.1, -0.05) is 30.3 Å². The first kappa shape index (κ1) is 21.1. The summed E-state index contributed by atoms with van der Waals surface area (Å²) in [7, 11) is 0. The van der Waals surface area contributed by atoms with Gasteiger partial charge in [-0.05, 0) is 29.8 Å². The van der Waals surface area contributed by atoms with E-state index in [1.807, 2.05) is 54.6 Å². The van der Waals surface area contributed by atoms with Crippen LogP contribution in [0.3, 0.4) is 0 Å². The van der Waals surface area contributed by atoms with Crippen molar-refractivity contribution in [2.45, 2.75) is 13.0 Å². The average molecular weight is 421 g/mol. The molecule has 0 atom stereocenters. The highest BCUT2D eigenvalue weighted by atomic mass is 16.5. The van der Waals surface area contributed by atoms with Gasteiger partial charge in [-0.2, -0.15) is 0 Å².